The molecule has 0 bridgehead atoms. The molecule has 0 spiro atoms. The third-order valence-electron chi connectivity index (χ3n) is 23.2. The van der Waals surface area contributed by atoms with Crippen LogP contribution in [0.3, 0.4) is 0 Å². The Morgan fingerprint density at radius 3 is 0.823 bits per heavy atom. The van der Waals surface area contributed by atoms with Gasteiger partial charge in [-0.1, -0.05) is 254 Å². The van der Waals surface area contributed by atoms with E-state index < -0.39 is 0 Å². The highest BCUT2D eigenvalue weighted by Gasteiger charge is 2.25. The van der Waals surface area contributed by atoms with Crippen LogP contribution in [0.2, 0.25) is 0 Å². The quantitative estimate of drug-likeness (QED) is 0.126. The Bertz CT molecular complexity index is 8460. The van der Waals surface area contributed by atoms with Crippen LogP contribution < -0.4 is 0 Å². The van der Waals surface area contributed by atoms with Gasteiger partial charge in [-0.25, -0.2) is 15.0 Å². The molecule has 9 aromatic heterocycles. The summed E-state index contributed by atoms with van der Waals surface area (Å²) in [5.74, 6) is 5.29. The molecule has 0 amide bonds. The molecule has 16 heteroatoms. The monoisotopic (exact) mass is 1590 g/mol. The Morgan fingerprint density at radius 2 is 0.468 bits per heavy atom. The summed E-state index contributed by atoms with van der Waals surface area (Å²) in [6, 6.07) is 128. The predicted molar refractivity (Wildman–Crippen MR) is 497 cm³/mol. The van der Waals surface area contributed by atoms with Gasteiger partial charge in [0.05, 0.1) is 44.7 Å². The van der Waals surface area contributed by atoms with Crippen molar-refractivity contribution in [2.45, 2.75) is 13.8 Å². The van der Waals surface area contributed by atoms with Crippen LogP contribution in [0.5, 0.6) is 0 Å². The molecule has 0 aliphatic carbocycles. The molecule has 0 atom stereocenters. The van der Waals surface area contributed by atoms with Crippen LogP contribution in [0, 0.1) is 25.2 Å². The number of para-hydroxylation sites is 6. The van der Waals surface area contributed by atoms with Crippen molar-refractivity contribution < 1.29 is 13.3 Å². The van der Waals surface area contributed by atoms with Gasteiger partial charge in [-0.05, 0) is 152 Å². The minimum atomic E-state index is 0.538. The molecule has 0 aliphatic rings. The largest absolute Gasteiger partial charge is 0.456 e. The highest BCUT2D eigenvalue weighted by Crippen LogP contribution is 2.41. The number of aromatic nitrogens is 12. The maximum Gasteiger partial charge on any atom is 0.238 e. The SMILES string of the molecule is Cc1ccc2oc3ccc(-c4nc(-c5ccc(-c6ccccc6)cc5)nc(-n5c6ccccc6c6ccccc65)n4)cc3c2c1.Cc1ccc2oc3ccc(-c4nc(-c5ccccc5)nc(-n5c6ccccc6c6ccccc65)n4)cc3c2c1.N#Cc1cccc2oc3ccc(-c4nc(-c5ccccc5)nc(-n5c6ccccc6c6ccccc65)n4)cc3c12. The highest BCUT2D eigenvalue weighted by molar-refractivity contribution is 6.13. The molecule has 0 saturated heterocycles. The number of benzene rings is 16. The summed E-state index contributed by atoms with van der Waals surface area (Å²) >= 11 is 0. The van der Waals surface area contributed by atoms with Crippen molar-refractivity contribution in [2.75, 3.05) is 0 Å². The van der Waals surface area contributed by atoms with Gasteiger partial charge in [0.25, 0.3) is 0 Å². The summed E-state index contributed by atoms with van der Waals surface area (Å²) in [5, 5.41) is 22.6. The first-order valence-electron chi connectivity index (χ1n) is 40.9. The smallest absolute Gasteiger partial charge is 0.238 e. The Hall–Kier alpha value is -17.2. The van der Waals surface area contributed by atoms with E-state index in [0.717, 1.165) is 159 Å². The molecule has 25 aromatic rings. The van der Waals surface area contributed by atoms with Crippen molar-refractivity contribution in [3.63, 3.8) is 0 Å². The molecule has 0 aliphatic heterocycles. The first-order chi connectivity index (χ1) is 61.2. The predicted octanol–water partition coefficient (Wildman–Crippen LogP) is 26.8. The van der Waals surface area contributed by atoms with Crippen molar-refractivity contribution in [1.29, 1.82) is 5.26 Å². The van der Waals surface area contributed by atoms with Gasteiger partial charge in [-0.2, -0.15) is 35.2 Å². The van der Waals surface area contributed by atoms with Crippen LogP contribution in [0.25, 0.3) is 229 Å². The van der Waals surface area contributed by atoms with Gasteiger partial charge in [0, 0.05) is 98.0 Å². The molecule has 9 heterocycles. The van der Waals surface area contributed by atoms with Gasteiger partial charge in [0.2, 0.25) is 17.8 Å². The lowest BCUT2D eigenvalue weighted by atomic mass is 10.0. The molecular weight excluding hydrogens is 1530 g/mol. The molecule has 582 valence electrons. The van der Waals surface area contributed by atoms with Crippen LogP contribution in [0.15, 0.2) is 383 Å². The lowest BCUT2D eigenvalue weighted by Gasteiger charge is -2.11. The zero-order valence-corrected chi connectivity index (χ0v) is 66.8. The summed E-state index contributed by atoms with van der Waals surface area (Å²) in [6.45, 7) is 4.19. The Morgan fingerprint density at radius 1 is 0.210 bits per heavy atom. The van der Waals surface area contributed by atoms with Crippen molar-refractivity contribution in [2.24, 2.45) is 0 Å². The van der Waals surface area contributed by atoms with E-state index in [9.17, 15) is 5.26 Å². The maximum absolute atomic E-state index is 9.75. The first kappa shape index (κ1) is 72.1. The third-order valence-corrected chi connectivity index (χ3v) is 23.2. The van der Waals surface area contributed by atoms with E-state index in [4.69, 9.17) is 58.1 Å². The second-order valence-electron chi connectivity index (χ2n) is 30.9. The molecule has 0 unspecified atom stereocenters. The zero-order valence-electron chi connectivity index (χ0n) is 66.8. The minimum absolute atomic E-state index is 0.538. The summed E-state index contributed by atoms with van der Waals surface area (Å²) in [5.41, 5.74) is 21.7. The zero-order chi connectivity index (χ0) is 82.5. The van der Waals surface area contributed by atoms with Crippen LogP contribution in [0.1, 0.15) is 16.7 Å². The van der Waals surface area contributed by atoms with Crippen LogP contribution >= 0.6 is 0 Å². The number of rotatable bonds is 10. The third kappa shape index (κ3) is 12.6. The van der Waals surface area contributed by atoms with Crippen LogP contribution in [-0.2, 0) is 0 Å². The molecule has 16 aromatic carbocycles. The molecule has 0 N–H and O–H groups in total. The number of fused-ring (bicyclic) bond motifs is 18. The van der Waals surface area contributed by atoms with Crippen molar-refractivity contribution >= 4 is 131 Å². The van der Waals surface area contributed by atoms with Gasteiger partial charge in [0.15, 0.2) is 34.9 Å². The fourth-order valence-electron chi connectivity index (χ4n) is 17.3. The molecule has 0 saturated carbocycles. The van der Waals surface area contributed by atoms with Gasteiger partial charge in [-0.15, -0.1) is 0 Å². The van der Waals surface area contributed by atoms with Crippen molar-refractivity contribution in [3.05, 3.63) is 387 Å². The number of hydrogen-bond acceptors (Lipinski definition) is 13. The number of aryl methyl sites for hydroxylation is 2. The van der Waals surface area contributed by atoms with E-state index in [2.05, 4.69) is 240 Å². The average Bonchev–Trinajstić information content (AvgIpc) is 1.59. The second kappa shape index (κ2) is 29.7. The molecule has 25 rings (SSSR count). The van der Waals surface area contributed by atoms with Crippen LogP contribution in [0.4, 0.5) is 0 Å². The summed E-state index contributed by atoms with van der Waals surface area (Å²) in [7, 11) is 0. The number of hydrogen-bond donors (Lipinski definition) is 0. The van der Waals surface area contributed by atoms with E-state index in [1.807, 2.05) is 158 Å². The second-order valence-corrected chi connectivity index (χ2v) is 30.9. The summed E-state index contributed by atoms with van der Waals surface area (Å²) in [4.78, 5) is 45.3. The summed E-state index contributed by atoms with van der Waals surface area (Å²) < 4.78 is 24.7. The summed E-state index contributed by atoms with van der Waals surface area (Å²) in [6.07, 6.45) is 0. The van der Waals surface area contributed by atoms with Gasteiger partial charge < -0.3 is 13.3 Å². The van der Waals surface area contributed by atoms with E-state index in [-0.39, 0.29) is 0 Å². The number of furan rings is 3. The van der Waals surface area contributed by atoms with Crippen molar-refractivity contribution in [1.82, 2.24) is 58.6 Å². The molecule has 16 nitrogen and oxygen atoms in total. The standard InChI is InChI=1S/C40H26N4O.C34H19N5O.C34H22N4O/c1-25-15-21-36-32(23-25)33-24-29(20-22-37(33)45-36)39-41-38(28-18-16-27(17-19-28)26-9-3-2-4-10-26)42-40(43-39)44-34-13-7-5-11-30(34)31-12-6-8-14-35(31)44;35-20-23-11-8-16-30-31(23)26-19-22(17-18-29(26)40-30)33-36-32(21-9-2-1-3-10-21)37-34(38-33)39-27-14-6-4-12-24(27)25-13-5-7-15-28(25)39;1-21-15-17-30-26(19-21)27-20-23(16-18-31(27)39-30)33-35-32(22-9-3-2-4-10-22)36-34(37-33)38-28-13-7-5-11-24(28)25-12-6-8-14-29(25)38/h2-24H,1H3;1-19H;2-20H,1H3. The van der Waals surface area contributed by atoms with E-state index >= 15 is 0 Å². The van der Waals surface area contributed by atoms with Gasteiger partial charge >= 0.3 is 0 Å². The van der Waals surface area contributed by atoms with E-state index in [1.54, 1.807) is 6.07 Å². The molecule has 124 heavy (non-hydrogen) atoms. The van der Waals surface area contributed by atoms with E-state index in [1.165, 1.54) is 16.7 Å². The minimum Gasteiger partial charge on any atom is -0.456 e. The molecule has 0 fully saturated rings. The van der Waals surface area contributed by atoms with Crippen molar-refractivity contribution in [3.8, 4) is 103 Å². The van der Waals surface area contributed by atoms with Gasteiger partial charge in [0.1, 0.15) is 33.5 Å². The topological polar surface area (TPSA) is 194 Å². The maximum atomic E-state index is 9.75. The first-order valence-corrected chi connectivity index (χ1v) is 40.9. The Kier molecular flexibility index (Phi) is 17.3. The Balaban J connectivity index is 0.000000108. The number of nitriles is 1. The fourth-order valence-corrected chi connectivity index (χ4v) is 17.3. The van der Waals surface area contributed by atoms with E-state index in [0.29, 0.717) is 69.5 Å². The Labute approximate surface area is 707 Å². The molecule has 0 radical (unpaired) electrons. The van der Waals surface area contributed by atoms with Crippen LogP contribution in [-0.4, -0.2) is 58.6 Å². The lowest BCUT2D eigenvalue weighted by molar-refractivity contribution is 0.668. The number of nitrogens with zero attached hydrogens (tertiary/aromatic N) is 13. The highest BCUT2D eigenvalue weighted by atomic mass is 16.3. The average molecular weight is 1590 g/mol. The molecular formula is C108H67N13O3. The normalized spacial score (nSPS) is 11.6. The lowest BCUT2D eigenvalue weighted by Crippen LogP contribution is -2.06. The fraction of sp³-hybridized carbons (Fsp3) is 0.0185. The van der Waals surface area contributed by atoms with Gasteiger partial charge in [-0.3, -0.25) is 13.7 Å².